The minimum absolute atomic E-state index is 0. The molecule has 0 aliphatic rings. The van der Waals surface area contributed by atoms with Crippen LogP contribution in [0.3, 0.4) is 0 Å². The van der Waals surface area contributed by atoms with Crippen LogP contribution in [0.4, 0.5) is 0 Å². The minimum atomic E-state index is 0. The van der Waals surface area contributed by atoms with Gasteiger partial charge in [-0.05, 0) is 0 Å². The summed E-state index contributed by atoms with van der Waals surface area (Å²) in [5.74, 6) is 0. The largest absolute Gasteiger partial charge is 0.242 e. The van der Waals surface area contributed by atoms with Gasteiger partial charge >= 0.3 is 0 Å². The standard InChI is InChI=1S/CH2N2.W/c2-1-3;/h2-3H;. The monoisotopic (exact) mass is 226 g/mol. The summed E-state index contributed by atoms with van der Waals surface area (Å²) in [6.07, 6.45) is 0. The summed E-state index contributed by atoms with van der Waals surface area (Å²) in [6, 6.07) is 1.25. The molecule has 0 aliphatic heterocycles. The van der Waals surface area contributed by atoms with Crippen LogP contribution in [0.15, 0.2) is 0 Å². The third-order valence-corrected chi connectivity index (χ3v) is 0. The molecule has 0 spiro atoms. The Hall–Kier alpha value is 0.0683. The predicted octanol–water partition coefficient (Wildman–Crippen LogP) is 0.315. The summed E-state index contributed by atoms with van der Waals surface area (Å²) in [4.78, 5) is 0. The Kier molecular flexibility index (Phi) is 25.7. The van der Waals surface area contributed by atoms with Gasteiger partial charge in [-0.1, -0.05) is 0 Å². The molecule has 0 aromatic carbocycles. The molecule has 0 fully saturated rings. The van der Waals surface area contributed by atoms with E-state index in [-0.39, 0.29) is 21.1 Å². The molecular weight excluding hydrogens is 224 g/mol. The average Bonchev–Trinajstić information content (AvgIpc) is 0.918. The Bertz CT molecular complexity index is 27.0. The summed E-state index contributed by atoms with van der Waals surface area (Å²) in [5, 5.41) is 11.2. The molecule has 2 N–H and O–H groups in total. The van der Waals surface area contributed by atoms with Crippen molar-refractivity contribution in [3.8, 4) is 0 Å². The van der Waals surface area contributed by atoms with Crippen molar-refractivity contribution in [1.29, 1.82) is 10.8 Å². The van der Waals surface area contributed by atoms with Crippen molar-refractivity contribution in [3.05, 3.63) is 0 Å². The van der Waals surface area contributed by atoms with E-state index in [0.717, 1.165) is 0 Å². The molecule has 4 heavy (non-hydrogen) atoms. The molecule has 0 heterocycles. The zero-order valence-corrected chi connectivity index (χ0v) is 4.84. The topological polar surface area (TPSA) is 47.7 Å². The molecule has 0 aromatic heterocycles. The average molecular weight is 226 g/mol. The summed E-state index contributed by atoms with van der Waals surface area (Å²) in [6.45, 7) is 0. The Morgan fingerprint density at radius 3 is 1.25 bits per heavy atom. The van der Waals surface area contributed by atoms with Crippen LogP contribution in [0.1, 0.15) is 0 Å². The SMILES string of the molecule is N=C=N.[W]. The van der Waals surface area contributed by atoms with E-state index in [1.165, 1.54) is 6.01 Å². The zero-order valence-electron chi connectivity index (χ0n) is 1.91. The fraction of sp³-hybridized carbons (Fsp3) is 0. The van der Waals surface area contributed by atoms with Gasteiger partial charge in [0.25, 0.3) is 0 Å². The second kappa shape index (κ2) is 11.5. The van der Waals surface area contributed by atoms with Gasteiger partial charge in [0.15, 0.2) is 0 Å². The van der Waals surface area contributed by atoms with E-state index in [2.05, 4.69) is 0 Å². The molecule has 2 nitrogen and oxygen atoms in total. The van der Waals surface area contributed by atoms with E-state index in [1.807, 2.05) is 0 Å². The van der Waals surface area contributed by atoms with Crippen LogP contribution in [-0.4, -0.2) is 6.01 Å². The van der Waals surface area contributed by atoms with E-state index in [1.54, 1.807) is 0 Å². The van der Waals surface area contributed by atoms with Crippen molar-refractivity contribution in [3.63, 3.8) is 0 Å². The third kappa shape index (κ3) is 506. The van der Waals surface area contributed by atoms with Crippen molar-refractivity contribution >= 4 is 6.01 Å². The fourth-order valence-electron chi connectivity index (χ4n) is 0. The van der Waals surface area contributed by atoms with Gasteiger partial charge < -0.3 is 0 Å². The molecule has 0 radical (unpaired) electrons. The van der Waals surface area contributed by atoms with Crippen LogP contribution < -0.4 is 0 Å². The molecule has 3 heteroatoms. The Labute approximate surface area is 38.5 Å². The quantitative estimate of drug-likeness (QED) is 0.558. The van der Waals surface area contributed by atoms with E-state index >= 15 is 0 Å². The molecule has 0 bridgehead atoms. The Morgan fingerprint density at radius 2 is 1.25 bits per heavy atom. The molecule has 0 saturated carbocycles. The number of rotatable bonds is 0. The van der Waals surface area contributed by atoms with Crippen molar-refractivity contribution in [2.75, 3.05) is 0 Å². The van der Waals surface area contributed by atoms with Crippen LogP contribution in [0.25, 0.3) is 0 Å². The van der Waals surface area contributed by atoms with Crippen LogP contribution in [0.5, 0.6) is 0 Å². The summed E-state index contributed by atoms with van der Waals surface area (Å²) in [7, 11) is 0. The van der Waals surface area contributed by atoms with Gasteiger partial charge in [0.05, 0.1) is 6.01 Å². The maximum absolute atomic E-state index is 5.62. The van der Waals surface area contributed by atoms with Crippen LogP contribution >= 0.6 is 0 Å². The van der Waals surface area contributed by atoms with Gasteiger partial charge in [-0.3, -0.25) is 0 Å². The summed E-state index contributed by atoms with van der Waals surface area (Å²) < 4.78 is 0. The molecule has 0 aliphatic carbocycles. The van der Waals surface area contributed by atoms with Crippen molar-refractivity contribution in [2.24, 2.45) is 0 Å². The van der Waals surface area contributed by atoms with E-state index in [0.29, 0.717) is 0 Å². The molecule has 0 aromatic rings. The second-order valence-corrected chi connectivity index (χ2v) is 0.125. The first-order valence-electron chi connectivity index (χ1n) is 0.500. The molecule has 0 amide bonds. The van der Waals surface area contributed by atoms with Crippen LogP contribution in [-0.2, 0) is 21.1 Å². The van der Waals surface area contributed by atoms with Crippen molar-refractivity contribution in [2.45, 2.75) is 0 Å². The summed E-state index contributed by atoms with van der Waals surface area (Å²) in [5.41, 5.74) is 0. The normalized spacial score (nSPS) is 2.00. The molecular formula is CH2N2W. The first-order chi connectivity index (χ1) is 1.41. The van der Waals surface area contributed by atoms with Crippen molar-refractivity contribution in [1.82, 2.24) is 0 Å². The Morgan fingerprint density at radius 1 is 1.25 bits per heavy atom. The molecule has 0 unspecified atom stereocenters. The second-order valence-electron chi connectivity index (χ2n) is 0.125. The van der Waals surface area contributed by atoms with Crippen molar-refractivity contribution < 1.29 is 21.1 Å². The van der Waals surface area contributed by atoms with E-state index < -0.39 is 0 Å². The maximum Gasteiger partial charge on any atom is 0.0831 e. The number of hydrogen-bond donors (Lipinski definition) is 2. The van der Waals surface area contributed by atoms with E-state index in [4.69, 9.17) is 10.8 Å². The predicted molar refractivity (Wildman–Crippen MR) is 10.4 cm³/mol. The van der Waals surface area contributed by atoms with Gasteiger partial charge in [0.1, 0.15) is 0 Å². The van der Waals surface area contributed by atoms with Crippen LogP contribution in [0, 0.1) is 10.8 Å². The molecule has 0 rings (SSSR count). The zero-order chi connectivity index (χ0) is 2.71. The third-order valence-electron chi connectivity index (χ3n) is 0. The minimum Gasteiger partial charge on any atom is -0.242 e. The first-order valence-corrected chi connectivity index (χ1v) is 0.500. The van der Waals surface area contributed by atoms with Gasteiger partial charge in [-0.25, -0.2) is 10.8 Å². The first kappa shape index (κ1) is 8.95. The van der Waals surface area contributed by atoms with E-state index in [9.17, 15) is 0 Å². The van der Waals surface area contributed by atoms with Gasteiger partial charge in [-0.2, -0.15) is 0 Å². The molecule has 0 saturated heterocycles. The molecule has 22 valence electrons. The Balaban J connectivity index is 0. The molecule has 0 atom stereocenters. The fourth-order valence-corrected chi connectivity index (χ4v) is 0. The van der Waals surface area contributed by atoms with Gasteiger partial charge in [-0.15, -0.1) is 0 Å². The maximum atomic E-state index is 5.62. The van der Waals surface area contributed by atoms with Gasteiger partial charge in [0.2, 0.25) is 0 Å². The number of hydrogen-bond acceptors (Lipinski definition) is 2. The number of nitrogens with one attached hydrogen (secondary N) is 2. The van der Waals surface area contributed by atoms with Crippen LogP contribution in [0.2, 0.25) is 0 Å². The smallest absolute Gasteiger partial charge is 0.0831 e. The van der Waals surface area contributed by atoms with Gasteiger partial charge in [0, 0.05) is 21.1 Å². The summed E-state index contributed by atoms with van der Waals surface area (Å²) >= 11 is 0.